The molecule has 0 spiro atoms. The minimum atomic E-state index is 0.378. The Hall–Kier alpha value is -1.55. The number of nitrogens with one attached hydrogen (secondary N) is 2. The number of rotatable bonds is 2. The van der Waals surface area contributed by atoms with Crippen molar-refractivity contribution in [3.05, 3.63) is 24.0 Å². The SMILES string of the molecule is COc1ccc2nc(C3CCC4CCCCC4N3)[nH]c2c1. The molecule has 1 saturated carbocycles. The quantitative estimate of drug-likeness (QED) is 0.887. The third-order valence-electron chi connectivity index (χ3n) is 5.19. The van der Waals surface area contributed by atoms with Gasteiger partial charge in [0.1, 0.15) is 11.6 Å². The Morgan fingerprint density at radius 2 is 2.05 bits per heavy atom. The lowest BCUT2D eigenvalue weighted by molar-refractivity contribution is 0.174. The van der Waals surface area contributed by atoms with Crippen LogP contribution in [0.15, 0.2) is 18.2 Å². The van der Waals surface area contributed by atoms with Crippen molar-refractivity contribution in [1.29, 1.82) is 0 Å². The maximum Gasteiger partial charge on any atom is 0.124 e. The van der Waals surface area contributed by atoms with Gasteiger partial charge in [-0.25, -0.2) is 4.98 Å². The number of benzene rings is 1. The van der Waals surface area contributed by atoms with Crippen LogP contribution < -0.4 is 10.1 Å². The first-order valence-corrected chi connectivity index (χ1v) is 8.13. The van der Waals surface area contributed by atoms with E-state index >= 15 is 0 Å². The summed E-state index contributed by atoms with van der Waals surface area (Å²) >= 11 is 0. The molecule has 2 aliphatic rings. The number of imidazole rings is 1. The van der Waals surface area contributed by atoms with Crippen LogP contribution in [0.25, 0.3) is 11.0 Å². The van der Waals surface area contributed by atoms with Crippen molar-refractivity contribution in [1.82, 2.24) is 15.3 Å². The molecular weight excluding hydrogens is 262 g/mol. The predicted molar refractivity (Wildman–Crippen MR) is 83.5 cm³/mol. The Labute approximate surface area is 125 Å². The Kier molecular flexibility index (Phi) is 3.34. The molecule has 112 valence electrons. The van der Waals surface area contributed by atoms with Gasteiger partial charge in [0.2, 0.25) is 0 Å². The highest BCUT2D eigenvalue weighted by molar-refractivity contribution is 5.76. The summed E-state index contributed by atoms with van der Waals surface area (Å²) in [6, 6.07) is 7.10. The van der Waals surface area contributed by atoms with E-state index in [1.807, 2.05) is 18.2 Å². The lowest BCUT2D eigenvalue weighted by Gasteiger charge is -2.39. The third-order valence-corrected chi connectivity index (χ3v) is 5.19. The molecule has 1 aliphatic heterocycles. The molecule has 2 heterocycles. The lowest BCUT2D eigenvalue weighted by atomic mass is 9.77. The highest BCUT2D eigenvalue weighted by atomic mass is 16.5. The van der Waals surface area contributed by atoms with E-state index < -0.39 is 0 Å². The molecule has 2 aromatic rings. The zero-order chi connectivity index (χ0) is 14.2. The number of nitrogens with zero attached hydrogens (tertiary/aromatic N) is 1. The van der Waals surface area contributed by atoms with Crippen molar-refractivity contribution in [3.8, 4) is 5.75 Å². The van der Waals surface area contributed by atoms with E-state index in [0.717, 1.165) is 28.5 Å². The fourth-order valence-electron chi connectivity index (χ4n) is 4.01. The number of fused-ring (bicyclic) bond motifs is 2. The van der Waals surface area contributed by atoms with Crippen LogP contribution in [0.2, 0.25) is 0 Å². The van der Waals surface area contributed by atoms with E-state index in [2.05, 4.69) is 10.3 Å². The molecule has 1 aliphatic carbocycles. The van der Waals surface area contributed by atoms with Gasteiger partial charge in [0.25, 0.3) is 0 Å². The molecule has 1 aromatic carbocycles. The number of piperidine rings is 1. The van der Waals surface area contributed by atoms with E-state index in [9.17, 15) is 0 Å². The van der Waals surface area contributed by atoms with Gasteiger partial charge < -0.3 is 15.0 Å². The van der Waals surface area contributed by atoms with Crippen LogP contribution in [-0.4, -0.2) is 23.1 Å². The summed E-state index contributed by atoms with van der Waals surface area (Å²) in [6.45, 7) is 0. The molecule has 0 radical (unpaired) electrons. The lowest BCUT2D eigenvalue weighted by Crippen LogP contribution is -2.45. The van der Waals surface area contributed by atoms with E-state index in [0.29, 0.717) is 12.1 Å². The number of hydrogen-bond donors (Lipinski definition) is 2. The number of methoxy groups -OCH3 is 1. The van der Waals surface area contributed by atoms with Gasteiger partial charge >= 0.3 is 0 Å². The zero-order valence-corrected chi connectivity index (χ0v) is 12.6. The van der Waals surface area contributed by atoms with Crippen molar-refractivity contribution in [2.75, 3.05) is 7.11 Å². The Bertz CT molecular complexity index is 636. The summed E-state index contributed by atoms with van der Waals surface area (Å²) in [5.74, 6) is 2.85. The van der Waals surface area contributed by atoms with Crippen molar-refractivity contribution >= 4 is 11.0 Å². The predicted octanol–water partition coefficient (Wildman–Crippen LogP) is 3.55. The molecule has 21 heavy (non-hydrogen) atoms. The number of aromatic amines is 1. The van der Waals surface area contributed by atoms with Crippen LogP contribution in [0.1, 0.15) is 50.4 Å². The summed E-state index contributed by atoms with van der Waals surface area (Å²) in [4.78, 5) is 8.26. The number of hydrogen-bond acceptors (Lipinski definition) is 3. The van der Waals surface area contributed by atoms with Gasteiger partial charge in [-0.05, 0) is 43.7 Å². The van der Waals surface area contributed by atoms with Crippen LogP contribution >= 0.6 is 0 Å². The molecular formula is C17H23N3O. The second-order valence-electron chi connectivity index (χ2n) is 6.45. The van der Waals surface area contributed by atoms with Gasteiger partial charge in [-0.1, -0.05) is 12.8 Å². The van der Waals surface area contributed by atoms with Crippen molar-refractivity contribution < 1.29 is 4.74 Å². The molecule has 4 rings (SSSR count). The average molecular weight is 285 g/mol. The Morgan fingerprint density at radius 1 is 1.14 bits per heavy atom. The van der Waals surface area contributed by atoms with Gasteiger partial charge in [0.05, 0.1) is 24.2 Å². The highest BCUT2D eigenvalue weighted by Gasteiger charge is 2.33. The van der Waals surface area contributed by atoms with Gasteiger partial charge in [0, 0.05) is 12.1 Å². The van der Waals surface area contributed by atoms with E-state index in [1.54, 1.807) is 7.11 Å². The van der Waals surface area contributed by atoms with Gasteiger partial charge in [-0.15, -0.1) is 0 Å². The van der Waals surface area contributed by atoms with Crippen LogP contribution in [0.3, 0.4) is 0 Å². The van der Waals surface area contributed by atoms with Crippen LogP contribution in [0.4, 0.5) is 0 Å². The summed E-state index contributed by atoms with van der Waals surface area (Å²) in [5.41, 5.74) is 2.09. The maximum absolute atomic E-state index is 5.28. The average Bonchev–Trinajstić information content (AvgIpc) is 2.97. The van der Waals surface area contributed by atoms with Gasteiger partial charge in [-0.3, -0.25) is 0 Å². The smallest absolute Gasteiger partial charge is 0.124 e. The van der Waals surface area contributed by atoms with Crippen molar-refractivity contribution in [2.24, 2.45) is 5.92 Å². The molecule has 3 unspecified atom stereocenters. The Balaban J connectivity index is 1.58. The standard InChI is InChI=1S/C17H23N3O/c1-21-12-7-9-14-16(10-12)20-17(19-14)15-8-6-11-4-2-3-5-13(11)18-15/h7,9-11,13,15,18H,2-6,8H2,1H3,(H,19,20). The summed E-state index contributed by atoms with van der Waals surface area (Å²) in [6.07, 6.45) is 8.05. The number of ether oxygens (including phenoxy) is 1. The van der Waals surface area contributed by atoms with E-state index in [4.69, 9.17) is 9.72 Å². The van der Waals surface area contributed by atoms with Crippen LogP contribution in [-0.2, 0) is 0 Å². The molecule has 2 fully saturated rings. The molecule has 1 aromatic heterocycles. The molecule has 4 nitrogen and oxygen atoms in total. The summed E-state index contributed by atoms with van der Waals surface area (Å²) in [7, 11) is 1.70. The van der Waals surface area contributed by atoms with Crippen molar-refractivity contribution in [3.63, 3.8) is 0 Å². The van der Waals surface area contributed by atoms with Crippen LogP contribution in [0.5, 0.6) is 5.75 Å². The second-order valence-corrected chi connectivity index (χ2v) is 6.45. The minimum absolute atomic E-state index is 0.378. The maximum atomic E-state index is 5.28. The monoisotopic (exact) mass is 285 g/mol. The normalized spacial score (nSPS) is 29.3. The molecule has 0 bridgehead atoms. The van der Waals surface area contributed by atoms with Gasteiger partial charge in [0.15, 0.2) is 0 Å². The molecule has 0 amide bonds. The molecule has 3 atom stereocenters. The largest absolute Gasteiger partial charge is 0.497 e. The second kappa shape index (κ2) is 5.34. The fourth-order valence-corrected chi connectivity index (χ4v) is 4.01. The summed E-state index contributed by atoms with van der Waals surface area (Å²) < 4.78 is 5.28. The molecule has 2 N–H and O–H groups in total. The summed E-state index contributed by atoms with van der Waals surface area (Å²) in [5, 5.41) is 3.84. The first kappa shape index (κ1) is 13.1. The third kappa shape index (κ3) is 2.42. The van der Waals surface area contributed by atoms with Gasteiger partial charge in [-0.2, -0.15) is 0 Å². The zero-order valence-electron chi connectivity index (χ0n) is 12.6. The first-order valence-electron chi connectivity index (χ1n) is 8.13. The first-order chi connectivity index (χ1) is 10.3. The molecule has 1 saturated heterocycles. The highest BCUT2D eigenvalue weighted by Crippen LogP contribution is 2.36. The van der Waals surface area contributed by atoms with Crippen LogP contribution in [0, 0.1) is 5.92 Å². The minimum Gasteiger partial charge on any atom is -0.497 e. The van der Waals surface area contributed by atoms with E-state index in [1.165, 1.54) is 38.5 Å². The van der Waals surface area contributed by atoms with Crippen molar-refractivity contribution in [2.45, 2.75) is 50.6 Å². The fraction of sp³-hybridized carbons (Fsp3) is 0.588. The van der Waals surface area contributed by atoms with E-state index in [-0.39, 0.29) is 0 Å². The Morgan fingerprint density at radius 3 is 2.95 bits per heavy atom. The number of aromatic nitrogens is 2. The topological polar surface area (TPSA) is 49.9 Å². The molecule has 4 heteroatoms. The number of H-pyrrole nitrogens is 1.